The van der Waals surface area contributed by atoms with Crippen LogP contribution < -0.4 is 0 Å². The number of aliphatic hydroxyl groups excluding tert-OH is 1. The highest BCUT2D eigenvalue weighted by Crippen LogP contribution is 2.26. The van der Waals surface area contributed by atoms with E-state index in [0.717, 1.165) is 12.8 Å². The number of hydrogen-bond acceptors (Lipinski definition) is 4. The fourth-order valence-corrected chi connectivity index (χ4v) is 3.22. The van der Waals surface area contributed by atoms with Crippen LogP contribution in [-0.4, -0.2) is 76.0 Å². The Bertz CT molecular complexity index is 412. The monoisotopic (exact) mass is 300 g/mol. The molecule has 21 heavy (non-hydrogen) atoms. The van der Waals surface area contributed by atoms with Gasteiger partial charge in [0.05, 0.1) is 37.8 Å². The number of likely N-dealkylation sites (tertiary alicyclic amines) is 1. The average molecular weight is 300 g/mol. The Hall–Kier alpha value is -1.34. The van der Waals surface area contributed by atoms with Gasteiger partial charge < -0.3 is 24.7 Å². The molecule has 2 N–H and O–H groups in total. The number of ether oxygens (including phenoxy) is 1. The van der Waals surface area contributed by atoms with Crippen LogP contribution in [0.4, 0.5) is 4.79 Å². The number of carbonyl (C=O) groups is 2. The lowest BCUT2D eigenvalue weighted by molar-refractivity contribution is -0.141. The molecule has 2 aliphatic heterocycles. The third kappa shape index (κ3) is 3.85. The lowest BCUT2D eigenvalue weighted by atomic mass is 10.1. The van der Waals surface area contributed by atoms with E-state index in [0.29, 0.717) is 19.6 Å². The van der Waals surface area contributed by atoms with Crippen LogP contribution in [0.1, 0.15) is 33.1 Å². The first-order valence-corrected chi connectivity index (χ1v) is 7.38. The average Bonchev–Trinajstić information content (AvgIpc) is 2.83. The van der Waals surface area contributed by atoms with E-state index in [1.165, 1.54) is 0 Å². The number of aliphatic hydroxyl groups is 1. The molecule has 2 heterocycles. The van der Waals surface area contributed by atoms with Crippen molar-refractivity contribution in [2.75, 3.05) is 26.2 Å². The first kappa shape index (κ1) is 16.0. The van der Waals surface area contributed by atoms with Gasteiger partial charge in [-0.2, -0.15) is 0 Å². The zero-order chi connectivity index (χ0) is 15.6. The van der Waals surface area contributed by atoms with E-state index in [1.807, 2.05) is 13.8 Å². The van der Waals surface area contributed by atoms with Crippen LogP contribution in [0.25, 0.3) is 0 Å². The van der Waals surface area contributed by atoms with Gasteiger partial charge in [-0.05, 0) is 26.7 Å². The number of amides is 2. The highest BCUT2D eigenvalue weighted by Gasteiger charge is 2.39. The molecule has 2 fully saturated rings. The zero-order valence-electron chi connectivity index (χ0n) is 12.6. The van der Waals surface area contributed by atoms with Crippen LogP contribution in [0, 0.1) is 0 Å². The van der Waals surface area contributed by atoms with E-state index >= 15 is 0 Å². The van der Waals surface area contributed by atoms with Crippen molar-refractivity contribution < 1.29 is 24.5 Å². The van der Waals surface area contributed by atoms with Crippen molar-refractivity contribution in [1.82, 2.24) is 9.80 Å². The summed E-state index contributed by atoms with van der Waals surface area (Å²) in [4.78, 5) is 26.9. The van der Waals surface area contributed by atoms with Crippen molar-refractivity contribution in [3.63, 3.8) is 0 Å². The summed E-state index contributed by atoms with van der Waals surface area (Å²) < 4.78 is 5.70. The number of carboxylic acids is 1. The molecule has 0 radical (unpaired) electrons. The third-order valence-electron chi connectivity index (χ3n) is 3.99. The number of rotatable bonds is 3. The van der Waals surface area contributed by atoms with Gasteiger partial charge >= 0.3 is 12.0 Å². The molecule has 0 aliphatic carbocycles. The van der Waals surface area contributed by atoms with Crippen LogP contribution >= 0.6 is 0 Å². The number of nitrogens with zero attached hydrogens (tertiary/aromatic N) is 2. The van der Waals surface area contributed by atoms with Crippen molar-refractivity contribution in [2.24, 2.45) is 0 Å². The molecule has 120 valence electrons. The largest absolute Gasteiger partial charge is 0.481 e. The number of carbonyl (C=O) groups excluding carboxylic acids is 1. The van der Waals surface area contributed by atoms with Gasteiger partial charge in [-0.15, -0.1) is 0 Å². The SMILES string of the molecule is CC1(C)CN(C(=O)N2CCCC2CC(=O)O)CC(CO)O1. The van der Waals surface area contributed by atoms with Crippen molar-refractivity contribution >= 4 is 12.0 Å². The van der Waals surface area contributed by atoms with Crippen LogP contribution in [0.5, 0.6) is 0 Å². The number of aliphatic carboxylic acids is 1. The summed E-state index contributed by atoms with van der Waals surface area (Å²) in [5, 5.41) is 18.2. The molecule has 2 aliphatic rings. The minimum Gasteiger partial charge on any atom is -0.481 e. The van der Waals surface area contributed by atoms with Gasteiger partial charge in [0.25, 0.3) is 0 Å². The van der Waals surface area contributed by atoms with Crippen molar-refractivity contribution in [1.29, 1.82) is 0 Å². The highest BCUT2D eigenvalue weighted by molar-refractivity contribution is 5.77. The zero-order valence-corrected chi connectivity index (χ0v) is 12.6. The molecule has 0 saturated carbocycles. The van der Waals surface area contributed by atoms with Gasteiger partial charge in [0.2, 0.25) is 0 Å². The Morgan fingerprint density at radius 3 is 2.71 bits per heavy atom. The maximum absolute atomic E-state index is 12.7. The summed E-state index contributed by atoms with van der Waals surface area (Å²) in [6, 6.07) is -0.373. The van der Waals surface area contributed by atoms with E-state index < -0.39 is 17.7 Å². The number of morpholine rings is 1. The van der Waals surface area contributed by atoms with Crippen molar-refractivity contribution in [3.8, 4) is 0 Å². The normalized spacial score (nSPS) is 28.7. The van der Waals surface area contributed by atoms with Gasteiger partial charge in [-0.25, -0.2) is 4.79 Å². The molecule has 0 bridgehead atoms. The molecular formula is C14H24N2O5. The topological polar surface area (TPSA) is 90.3 Å². The molecule has 2 unspecified atom stereocenters. The molecule has 7 heteroatoms. The Morgan fingerprint density at radius 2 is 2.10 bits per heavy atom. The predicted molar refractivity (Wildman–Crippen MR) is 75.0 cm³/mol. The van der Waals surface area contributed by atoms with Crippen LogP contribution in [0.15, 0.2) is 0 Å². The van der Waals surface area contributed by atoms with Crippen LogP contribution in [-0.2, 0) is 9.53 Å². The Morgan fingerprint density at radius 1 is 1.38 bits per heavy atom. The number of hydrogen-bond donors (Lipinski definition) is 2. The van der Waals surface area contributed by atoms with E-state index in [4.69, 9.17) is 9.84 Å². The Kier molecular flexibility index (Phi) is 4.73. The first-order chi connectivity index (χ1) is 9.82. The summed E-state index contributed by atoms with van der Waals surface area (Å²) in [6.07, 6.45) is 1.16. The van der Waals surface area contributed by atoms with Gasteiger partial charge in [-0.1, -0.05) is 0 Å². The van der Waals surface area contributed by atoms with E-state index in [2.05, 4.69) is 0 Å². The molecule has 2 saturated heterocycles. The first-order valence-electron chi connectivity index (χ1n) is 7.38. The van der Waals surface area contributed by atoms with Gasteiger partial charge in [0.15, 0.2) is 0 Å². The molecule has 0 aromatic heterocycles. The maximum atomic E-state index is 12.7. The van der Waals surface area contributed by atoms with Crippen molar-refractivity contribution in [2.45, 2.75) is 50.9 Å². The number of urea groups is 1. The highest BCUT2D eigenvalue weighted by atomic mass is 16.5. The second-order valence-corrected chi connectivity index (χ2v) is 6.43. The maximum Gasteiger partial charge on any atom is 0.320 e. The summed E-state index contributed by atoms with van der Waals surface area (Å²) in [6.45, 7) is 5.01. The second kappa shape index (κ2) is 6.19. The predicted octanol–water partition coefficient (Wildman–Crippen LogP) is 0.517. The third-order valence-corrected chi connectivity index (χ3v) is 3.99. The molecule has 0 aromatic rings. The smallest absolute Gasteiger partial charge is 0.320 e. The van der Waals surface area contributed by atoms with Gasteiger partial charge in [-0.3, -0.25) is 4.79 Å². The Balaban J connectivity index is 2.05. The van der Waals surface area contributed by atoms with Crippen molar-refractivity contribution in [3.05, 3.63) is 0 Å². The standard InChI is InChI=1S/C14H24N2O5/c1-14(2)9-15(7-11(8-17)21-14)13(20)16-5-3-4-10(16)6-12(18)19/h10-11,17H,3-9H2,1-2H3,(H,18,19). The van der Waals surface area contributed by atoms with Gasteiger partial charge in [0.1, 0.15) is 0 Å². The molecular weight excluding hydrogens is 276 g/mol. The molecule has 7 nitrogen and oxygen atoms in total. The van der Waals surface area contributed by atoms with Gasteiger partial charge in [0, 0.05) is 12.6 Å². The fourth-order valence-electron chi connectivity index (χ4n) is 3.22. The Labute approximate surface area is 124 Å². The molecule has 2 rings (SSSR count). The quantitative estimate of drug-likeness (QED) is 0.793. The number of carboxylic acid groups (broad SMARTS) is 1. The lowest BCUT2D eigenvalue weighted by Gasteiger charge is -2.44. The second-order valence-electron chi connectivity index (χ2n) is 6.43. The minimum absolute atomic E-state index is 0.0110. The summed E-state index contributed by atoms with van der Waals surface area (Å²) >= 11 is 0. The molecule has 2 amide bonds. The van der Waals surface area contributed by atoms with E-state index in [-0.39, 0.29) is 25.1 Å². The van der Waals surface area contributed by atoms with Crippen LogP contribution in [0.2, 0.25) is 0 Å². The summed E-state index contributed by atoms with van der Waals surface area (Å²) in [7, 11) is 0. The fraction of sp³-hybridized carbons (Fsp3) is 0.857. The summed E-state index contributed by atoms with van der Waals surface area (Å²) in [5.74, 6) is -0.879. The minimum atomic E-state index is -0.879. The summed E-state index contributed by atoms with van der Waals surface area (Å²) in [5.41, 5.74) is -0.511. The van der Waals surface area contributed by atoms with Crippen LogP contribution in [0.3, 0.4) is 0 Å². The van der Waals surface area contributed by atoms with E-state index in [1.54, 1.807) is 9.80 Å². The van der Waals surface area contributed by atoms with E-state index in [9.17, 15) is 14.7 Å². The molecule has 0 spiro atoms. The lowest BCUT2D eigenvalue weighted by Crippen LogP contribution is -2.58. The molecule has 0 aromatic carbocycles. The molecule has 2 atom stereocenters.